The minimum absolute atomic E-state index is 0.560. The Labute approximate surface area is 122 Å². The van der Waals surface area contributed by atoms with Crippen LogP contribution in [0.3, 0.4) is 0 Å². The fraction of sp³-hybridized carbons (Fsp3) is 0.267. The van der Waals surface area contributed by atoms with Crippen molar-refractivity contribution in [3.8, 4) is 5.75 Å². The zero-order valence-electron chi connectivity index (χ0n) is 10.9. The molecule has 3 nitrogen and oxygen atoms in total. The second-order valence-corrected chi connectivity index (χ2v) is 5.03. The highest BCUT2D eigenvalue weighted by Crippen LogP contribution is 2.23. The smallest absolute Gasteiger partial charge is 0.120 e. The molecule has 0 atom stereocenters. The molecular weight excluding hydrogens is 304 g/mol. The van der Waals surface area contributed by atoms with E-state index in [0.717, 1.165) is 28.9 Å². The highest BCUT2D eigenvalue weighted by Gasteiger charge is 2.02. The van der Waals surface area contributed by atoms with Gasteiger partial charge in [-0.05, 0) is 48.0 Å². The molecule has 0 aliphatic carbocycles. The maximum Gasteiger partial charge on any atom is 0.120 e. The van der Waals surface area contributed by atoms with E-state index in [-0.39, 0.29) is 0 Å². The van der Waals surface area contributed by atoms with Gasteiger partial charge >= 0.3 is 0 Å². The fourth-order valence-corrected chi connectivity index (χ4v) is 2.07. The van der Waals surface area contributed by atoms with Crippen LogP contribution in [0.25, 0.3) is 0 Å². The summed E-state index contributed by atoms with van der Waals surface area (Å²) >= 11 is 3.55. The summed E-state index contributed by atoms with van der Waals surface area (Å²) in [6.07, 6.45) is 3.55. The van der Waals surface area contributed by atoms with Gasteiger partial charge in [-0.2, -0.15) is 0 Å². The Hall–Kier alpha value is -1.39. The van der Waals surface area contributed by atoms with Crippen LogP contribution in [0.4, 0.5) is 0 Å². The molecule has 0 aliphatic rings. The van der Waals surface area contributed by atoms with Crippen LogP contribution in [0.1, 0.15) is 18.1 Å². The van der Waals surface area contributed by atoms with E-state index in [2.05, 4.69) is 39.2 Å². The lowest BCUT2D eigenvalue weighted by Gasteiger charge is -2.10. The molecule has 4 heteroatoms. The molecule has 1 aromatic heterocycles. The zero-order valence-corrected chi connectivity index (χ0v) is 12.5. The van der Waals surface area contributed by atoms with E-state index < -0.39 is 0 Å². The molecular formula is C15H17BrN2O. The number of halogens is 1. The summed E-state index contributed by atoms with van der Waals surface area (Å²) in [5, 5.41) is 3.31. The molecule has 1 heterocycles. The van der Waals surface area contributed by atoms with Gasteiger partial charge in [0.05, 0.1) is 0 Å². The Morgan fingerprint density at radius 3 is 2.74 bits per heavy atom. The number of rotatable bonds is 6. The lowest BCUT2D eigenvalue weighted by molar-refractivity contribution is 0.305. The predicted octanol–water partition coefficient (Wildman–Crippen LogP) is 3.53. The number of nitrogens with zero attached hydrogens (tertiary/aromatic N) is 1. The molecule has 0 saturated carbocycles. The topological polar surface area (TPSA) is 34.1 Å². The molecule has 0 bridgehead atoms. The van der Waals surface area contributed by atoms with E-state index in [1.807, 2.05) is 24.3 Å². The van der Waals surface area contributed by atoms with Gasteiger partial charge in [-0.1, -0.05) is 22.9 Å². The van der Waals surface area contributed by atoms with Crippen molar-refractivity contribution >= 4 is 15.9 Å². The second kappa shape index (κ2) is 7.26. The first kappa shape index (κ1) is 14.0. The molecule has 0 amide bonds. The summed E-state index contributed by atoms with van der Waals surface area (Å²) in [5.74, 6) is 0.882. The summed E-state index contributed by atoms with van der Waals surface area (Å²) in [7, 11) is 0. The Morgan fingerprint density at radius 1 is 1.21 bits per heavy atom. The van der Waals surface area contributed by atoms with Gasteiger partial charge in [0, 0.05) is 23.4 Å². The summed E-state index contributed by atoms with van der Waals surface area (Å²) in [5.41, 5.74) is 2.32. The number of hydrogen-bond donors (Lipinski definition) is 1. The molecule has 0 spiro atoms. The number of pyridine rings is 1. The minimum atomic E-state index is 0.560. The number of ether oxygens (including phenoxy) is 1. The Balaban J connectivity index is 2.00. The van der Waals surface area contributed by atoms with Gasteiger partial charge in [-0.15, -0.1) is 0 Å². The molecule has 1 aromatic carbocycles. The molecule has 0 aliphatic heterocycles. The summed E-state index contributed by atoms with van der Waals surface area (Å²) in [4.78, 5) is 3.99. The highest BCUT2D eigenvalue weighted by molar-refractivity contribution is 9.10. The van der Waals surface area contributed by atoms with Gasteiger partial charge in [-0.25, -0.2) is 0 Å². The van der Waals surface area contributed by atoms with Gasteiger partial charge < -0.3 is 10.1 Å². The zero-order chi connectivity index (χ0) is 13.5. The molecule has 1 N–H and O–H groups in total. The fourth-order valence-electron chi connectivity index (χ4n) is 1.68. The molecule has 0 saturated heterocycles. The van der Waals surface area contributed by atoms with E-state index in [0.29, 0.717) is 6.61 Å². The predicted molar refractivity (Wildman–Crippen MR) is 80.1 cm³/mol. The van der Waals surface area contributed by atoms with Crippen LogP contribution < -0.4 is 10.1 Å². The maximum absolute atomic E-state index is 5.79. The number of hydrogen-bond acceptors (Lipinski definition) is 3. The van der Waals surface area contributed by atoms with E-state index in [4.69, 9.17) is 4.74 Å². The molecule has 0 radical (unpaired) electrons. The lowest BCUT2D eigenvalue weighted by Crippen LogP contribution is -2.12. The van der Waals surface area contributed by atoms with Crippen LogP contribution in [-0.2, 0) is 13.2 Å². The van der Waals surface area contributed by atoms with Crippen molar-refractivity contribution < 1.29 is 4.74 Å². The molecule has 19 heavy (non-hydrogen) atoms. The molecule has 0 fully saturated rings. The van der Waals surface area contributed by atoms with E-state index in [1.54, 1.807) is 12.4 Å². The van der Waals surface area contributed by atoms with Crippen LogP contribution >= 0.6 is 15.9 Å². The third-order valence-corrected chi connectivity index (χ3v) is 3.51. The summed E-state index contributed by atoms with van der Waals surface area (Å²) in [6.45, 7) is 4.45. The molecule has 0 unspecified atom stereocenters. The third kappa shape index (κ3) is 4.33. The molecule has 2 aromatic rings. The van der Waals surface area contributed by atoms with E-state index >= 15 is 0 Å². The van der Waals surface area contributed by atoms with Crippen molar-refractivity contribution in [3.05, 3.63) is 58.3 Å². The Kier molecular flexibility index (Phi) is 5.36. The maximum atomic E-state index is 5.79. The normalized spacial score (nSPS) is 10.4. The standard InChI is InChI=1S/C15H17BrN2O/c1-2-17-10-13-9-14(3-4-15(13)16)19-11-12-5-7-18-8-6-12/h3-9,17H,2,10-11H2,1H3. The first-order valence-corrected chi connectivity index (χ1v) is 7.09. The average molecular weight is 321 g/mol. The number of benzene rings is 1. The Bertz CT molecular complexity index is 517. The van der Waals surface area contributed by atoms with Crippen LogP contribution in [-0.4, -0.2) is 11.5 Å². The quantitative estimate of drug-likeness (QED) is 0.884. The third-order valence-electron chi connectivity index (χ3n) is 2.74. The Morgan fingerprint density at radius 2 is 2.00 bits per heavy atom. The van der Waals surface area contributed by atoms with Crippen molar-refractivity contribution in [2.45, 2.75) is 20.1 Å². The van der Waals surface area contributed by atoms with Gasteiger partial charge in [0.1, 0.15) is 12.4 Å². The van der Waals surface area contributed by atoms with Crippen molar-refractivity contribution in [1.29, 1.82) is 0 Å². The van der Waals surface area contributed by atoms with Crippen LogP contribution in [0.5, 0.6) is 5.75 Å². The summed E-state index contributed by atoms with van der Waals surface area (Å²) in [6, 6.07) is 9.97. The van der Waals surface area contributed by atoms with E-state index in [1.165, 1.54) is 5.56 Å². The lowest BCUT2D eigenvalue weighted by atomic mass is 10.2. The van der Waals surface area contributed by atoms with Gasteiger partial charge in [0.2, 0.25) is 0 Å². The van der Waals surface area contributed by atoms with Crippen molar-refractivity contribution in [3.63, 3.8) is 0 Å². The van der Waals surface area contributed by atoms with Gasteiger partial charge in [-0.3, -0.25) is 4.98 Å². The average Bonchev–Trinajstić information content (AvgIpc) is 2.46. The first-order valence-electron chi connectivity index (χ1n) is 6.30. The van der Waals surface area contributed by atoms with Crippen LogP contribution in [0.15, 0.2) is 47.2 Å². The monoisotopic (exact) mass is 320 g/mol. The highest BCUT2D eigenvalue weighted by atomic mass is 79.9. The van der Waals surface area contributed by atoms with E-state index in [9.17, 15) is 0 Å². The van der Waals surface area contributed by atoms with Crippen LogP contribution in [0.2, 0.25) is 0 Å². The largest absolute Gasteiger partial charge is 0.489 e. The van der Waals surface area contributed by atoms with Crippen molar-refractivity contribution in [2.75, 3.05) is 6.54 Å². The summed E-state index contributed by atoms with van der Waals surface area (Å²) < 4.78 is 6.89. The van der Waals surface area contributed by atoms with Crippen molar-refractivity contribution in [2.24, 2.45) is 0 Å². The number of nitrogens with one attached hydrogen (secondary N) is 1. The first-order chi connectivity index (χ1) is 9.29. The minimum Gasteiger partial charge on any atom is -0.489 e. The number of aromatic nitrogens is 1. The second-order valence-electron chi connectivity index (χ2n) is 4.18. The molecule has 100 valence electrons. The SMILES string of the molecule is CCNCc1cc(OCc2ccncc2)ccc1Br. The van der Waals surface area contributed by atoms with Crippen molar-refractivity contribution in [1.82, 2.24) is 10.3 Å². The molecule has 2 rings (SSSR count). The van der Waals surface area contributed by atoms with Gasteiger partial charge in [0.15, 0.2) is 0 Å². The van der Waals surface area contributed by atoms with Gasteiger partial charge in [0.25, 0.3) is 0 Å². The van der Waals surface area contributed by atoms with Crippen LogP contribution in [0, 0.1) is 0 Å².